The van der Waals surface area contributed by atoms with Crippen molar-refractivity contribution in [1.82, 2.24) is 0 Å². The Hall–Kier alpha value is -3.67. The second-order valence-electron chi connectivity index (χ2n) is 21.6. The van der Waals surface area contributed by atoms with Gasteiger partial charge in [0, 0.05) is 19.3 Å². The average molecular weight is 1070 g/mol. The molecule has 6 nitrogen and oxygen atoms in total. The second-order valence-corrected chi connectivity index (χ2v) is 21.6. The fraction of sp³-hybridized carbons (Fsp3) is 0.732. The van der Waals surface area contributed by atoms with Gasteiger partial charge in [-0.15, -0.1) is 0 Å². The molecule has 442 valence electrons. The number of carbonyl (C=O) groups is 3. The average Bonchev–Trinajstić information content (AvgIpc) is 3.43. The summed E-state index contributed by atoms with van der Waals surface area (Å²) in [7, 11) is 0. The normalized spacial score (nSPS) is 12.7. The number of unbranched alkanes of at least 4 members (excludes halogenated alkanes) is 32. The molecule has 0 saturated heterocycles. The minimum absolute atomic E-state index is 0.0811. The Kier molecular flexibility index (Phi) is 61.8. The summed E-state index contributed by atoms with van der Waals surface area (Å²) in [5, 5.41) is 0. The van der Waals surface area contributed by atoms with Crippen LogP contribution in [0.5, 0.6) is 0 Å². The highest BCUT2D eigenvalue weighted by Gasteiger charge is 2.19. The molecule has 0 rings (SSSR count). The van der Waals surface area contributed by atoms with Crippen LogP contribution in [0.4, 0.5) is 0 Å². The van der Waals surface area contributed by atoms with E-state index < -0.39 is 6.10 Å². The Morgan fingerprint density at radius 2 is 0.506 bits per heavy atom. The molecule has 1 unspecified atom stereocenters. The SMILES string of the molecule is CC/C=C\C/C=C\C/C=C\C/C=C\C/C=C\C/C=C\C/C=C\CCCCCCCCCC(=O)OCC(COC(=O)CCCCCCCCCCCCCCCCC)OC(=O)CCCCCCC/C=C\CCCCCCCC. The molecule has 0 aliphatic rings. The van der Waals surface area contributed by atoms with Gasteiger partial charge < -0.3 is 14.2 Å². The van der Waals surface area contributed by atoms with E-state index in [1.165, 1.54) is 154 Å². The van der Waals surface area contributed by atoms with Gasteiger partial charge in [0.1, 0.15) is 13.2 Å². The number of carbonyl (C=O) groups excluding carboxylic acids is 3. The lowest BCUT2D eigenvalue weighted by Gasteiger charge is -2.18. The Balaban J connectivity index is 4.32. The maximum atomic E-state index is 12.9. The highest BCUT2D eigenvalue weighted by Crippen LogP contribution is 2.16. The van der Waals surface area contributed by atoms with E-state index >= 15 is 0 Å². The summed E-state index contributed by atoms with van der Waals surface area (Å²) in [6.07, 6.45) is 86.9. The molecule has 0 spiro atoms. The molecule has 0 saturated carbocycles. The zero-order valence-electron chi connectivity index (χ0n) is 50.7. The van der Waals surface area contributed by atoms with E-state index in [9.17, 15) is 14.4 Å². The van der Waals surface area contributed by atoms with Crippen LogP contribution >= 0.6 is 0 Å². The number of esters is 3. The third kappa shape index (κ3) is 63.0. The molecule has 0 heterocycles. The predicted molar refractivity (Wildman–Crippen MR) is 334 cm³/mol. The number of allylic oxidation sites excluding steroid dienone is 16. The van der Waals surface area contributed by atoms with E-state index in [1.807, 2.05) is 0 Å². The molecular formula is C71H122O6. The van der Waals surface area contributed by atoms with Gasteiger partial charge in [-0.2, -0.15) is 0 Å². The molecule has 0 aliphatic carbocycles. The maximum absolute atomic E-state index is 12.9. The quantitative estimate of drug-likeness (QED) is 0.0261. The molecule has 0 aromatic rings. The first-order chi connectivity index (χ1) is 38.0. The smallest absolute Gasteiger partial charge is 0.306 e. The minimum Gasteiger partial charge on any atom is -0.462 e. The van der Waals surface area contributed by atoms with E-state index in [0.29, 0.717) is 19.3 Å². The Morgan fingerprint density at radius 3 is 0.805 bits per heavy atom. The largest absolute Gasteiger partial charge is 0.462 e. The van der Waals surface area contributed by atoms with E-state index in [1.54, 1.807) is 0 Å². The van der Waals surface area contributed by atoms with Gasteiger partial charge in [0.25, 0.3) is 0 Å². The van der Waals surface area contributed by atoms with Gasteiger partial charge in [-0.1, -0.05) is 291 Å². The van der Waals surface area contributed by atoms with Gasteiger partial charge >= 0.3 is 17.9 Å². The summed E-state index contributed by atoms with van der Waals surface area (Å²) in [6, 6.07) is 0. The fourth-order valence-corrected chi connectivity index (χ4v) is 9.18. The van der Waals surface area contributed by atoms with Crippen LogP contribution in [0.25, 0.3) is 0 Å². The van der Waals surface area contributed by atoms with Crippen molar-refractivity contribution in [1.29, 1.82) is 0 Å². The number of rotatable bonds is 59. The van der Waals surface area contributed by atoms with Gasteiger partial charge in [0.2, 0.25) is 0 Å². The van der Waals surface area contributed by atoms with Crippen molar-refractivity contribution in [2.75, 3.05) is 13.2 Å². The zero-order valence-corrected chi connectivity index (χ0v) is 50.7. The zero-order chi connectivity index (χ0) is 55.7. The molecule has 0 bridgehead atoms. The van der Waals surface area contributed by atoms with Gasteiger partial charge in [0.15, 0.2) is 6.10 Å². The minimum atomic E-state index is -0.786. The van der Waals surface area contributed by atoms with Crippen molar-refractivity contribution in [3.05, 3.63) is 97.2 Å². The second kappa shape index (κ2) is 64.9. The van der Waals surface area contributed by atoms with E-state index in [0.717, 1.165) is 122 Å². The topological polar surface area (TPSA) is 78.9 Å². The summed E-state index contributed by atoms with van der Waals surface area (Å²) >= 11 is 0. The van der Waals surface area contributed by atoms with Crippen LogP contribution in [0.2, 0.25) is 0 Å². The third-order valence-electron chi connectivity index (χ3n) is 14.1. The molecule has 6 heteroatoms. The molecule has 1 atom stereocenters. The Morgan fingerprint density at radius 1 is 0.273 bits per heavy atom. The lowest BCUT2D eigenvalue weighted by Crippen LogP contribution is -2.30. The monoisotopic (exact) mass is 1070 g/mol. The van der Waals surface area contributed by atoms with Crippen LogP contribution in [0, 0.1) is 0 Å². The summed E-state index contributed by atoms with van der Waals surface area (Å²) in [6.45, 7) is 6.54. The molecule has 0 aliphatic heterocycles. The highest BCUT2D eigenvalue weighted by molar-refractivity contribution is 5.71. The van der Waals surface area contributed by atoms with Crippen molar-refractivity contribution in [3.8, 4) is 0 Å². The fourth-order valence-electron chi connectivity index (χ4n) is 9.18. The molecule has 0 amide bonds. The summed E-state index contributed by atoms with van der Waals surface area (Å²) < 4.78 is 16.9. The van der Waals surface area contributed by atoms with Crippen LogP contribution in [-0.4, -0.2) is 37.2 Å². The van der Waals surface area contributed by atoms with Crippen LogP contribution in [0.15, 0.2) is 97.2 Å². The number of hydrogen-bond acceptors (Lipinski definition) is 6. The molecule has 0 aromatic heterocycles. The standard InChI is InChI=1S/C71H122O6/c1-4-7-10-13-16-19-22-25-28-29-30-31-32-33-34-35-36-37-38-39-40-41-44-46-49-52-55-58-61-64-70(73)76-67-68(77-71(74)65-62-59-56-53-50-47-43-27-24-21-18-15-12-9-6-3)66-75-69(72)63-60-57-54-51-48-45-42-26-23-20-17-14-11-8-5-2/h7,10,16,19,25,27-28,30-31,33-34,36-37,39-40,43,68H,4-6,8-9,11-15,17-18,20-24,26,29,32,35,38,41-42,44-67H2,1-3H3/b10-7-,19-16-,28-25-,31-30-,34-33-,37-36-,40-39-,43-27-. The van der Waals surface area contributed by atoms with Crippen molar-refractivity contribution < 1.29 is 28.6 Å². The molecule has 0 fully saturated rings. The van der Waals surface area contributed by atoms with E-state index in [4.69, 9.17) is 14.2 Å². The van der Waals surface area contributed by atoms with Crippen LogP contribution < -0.4 is 0 Å². The first kappa shape index (κ1) is 73.3. The van der Waals surface area contributed by atoms with E-state index in [-0.39, 0.29) is 31.1 Å². The maximum Gasteiger partial charge on any atom is 0.306 e. The number of ether oxygens (including phenoxy) is 3. The Labute approximate surface area is 477 Å². The lowest BCUT2D eigenvalue weighted by atomic mass is 10.0. The lowest BCUT2D eigenvalue weighted by molar-refractivity contribution is -0.167. The van der Waals surface area contributed by atoms with Crippen molar-refractivity contribution in [2.24, 2.45) is 0 Å². The summed E-state index contributed by atoms with van der Waals surface area (Å²) in [4.78, 5) is 38.3. The molecular weight excluding hydrogens is 949 g/mol. The first-order valence-corrected chi connectivity index (χ1v) is 32.7. The van der Waals surface area contributed by atoms with Crippen molar-refractivity contribution in [2.45, 2.75) is 322 Å². The van der Waals surface area contributed by atoms with Gasteiger partial charge in [-0.25, -0.2) is 0 Å². The third-order valence-corrected chi connectivity index (χ3v) is 14.1. The summed E-state index contributed by atoms with van der Waals surface area (Å²) in [5.74, 6) is -0.889. The molecule has 0 N–H and O–H groups in total. The Bertz CT molecular complexity index is 1510. The van der Waals surface area contributed by atoms with Gasteiger partial charge in [0.05, 0.1) is 0 Å². The van der Waals surface area contributed by atoms with Crippen LogP contribution in [0.1, 0.15) is 316 Å². The van der Waals surface area contributed by atoms with Crippen LogP contribution in [0.3, 0.4) is 0 Å². The summed E-state index contributed by atoms with van der Waals surface area (Å²) in [5.41, 5.74) is 0. The molecule has 0 radical (unpaired) electrons. The van der Waals surface area contributed by atoms with Gasteiger partial charge in [-0.3, -0.25) is 14.4 Å². The van der Waals surface area contributed by atoms with Crippen molar-refractivity contribution in [3.63, 3.8) is 0 Å². The van der Waals surface area contributed by atoms with E-state index in [2.05, 4.69) is 118 Å². The van der Waals surface area contributed by atoms with Crippen molar-refractivity contribution >= 4 is 17.9 Å². The highest BCUT2D eigenvalue weighted by atomic mass is 16.6. The molecule has 77 heavy (non-hydrogen) atoms. The van der Waals surface area contributed by atoms with Gasteiger partial charge in [-0.05, 0) is 103 Å². The predicted octanol–water partition coefficient (Wildman–Crippen LogP) is 22.4. The van der Waals surface area contributed by atoms with Crippen LogP contribution in [-0.2, 0) is 28.6 Å². The molecule has 0 aromatic carbocycles. The first-order valence-electron chi connectivity index (χ1n) is 32.7. The number of hydrogen-bond donors (Lipinski definition) is 0.